The van der Waals surface area contributed by atoms with Crippen LogP contribution in [-0.4, -0.2) is 33.0 Å². The topological polar surface area (TPSA) is 68.8 Å². The molecule has 2 aromatic heterocycles. The molecule has 102 valence electrons. The highest BCUT2D eigenvalue weighted by atomic mass is 16.5. The summed E-state index contributed by atoms with van der Waals surface area (Å²) in [5, 5.41) is 11.9. The summed E-state index contributed by atoms with van der Waals surface area (Å²) in [7, 11) is 0. The number of hydrogen-bond acceptors (Lipinski definition) is 5. The number of hydrogen-bond donors (Lipinski definition) is 1. The fourth-order valence-electron chi connectivity index (χ4n) is 2.54. The zero-order valence-electron chi connectivity index (χ0n) is 11.4. The predicted octanol–water partition coefficient (Wildman–Crippen LogP) is 1.73. The molecule has 0 aliphatic carbocycles. The molecule has 1 aliphatic heterocycles. The van der Waals surface area contributed by atoms with Crippen LogP contribution in [0.5, 0.6) is 0 Å². The minimum absolute atomic E-state index is 0.415. The Morgan fingerprint density at radius 2 is 2.21 bits per heavy atom. The second-order valence-electron chi connectivity index (χ2n) is 4.97. The van der Waals surface area contributed by atoms with Crippen LogP contribution >= 0.6 is 0 Å². The molecule has 0 amide bonds. The van der Waals surface area contributed by atoms with E-state index in [4.69, 9.17) is 4.52 Å². The lowest BCUT2D eigenvalue weighted by atomic mass is 9.98. The number of aromatic nitrogens is 4. The Hall–Kier alpha value is -1.69. The molecule has 0 bridgehead atoms. The lowest BCUT2D eigenvalue weighted by Gasteiger charge is -2.18. The van der Waals surface area contributed by atoms with Crippen LogP contribution < -0.4 is 5.32 Å². The van der Waals surface area contributed by atoms with E-state index in [2.05, 4.69) is 27.5 Å². The molecule has 3 rings (SSSR count). The van der Waals surface area contributed by atoms with Crippen LogP contribution in [0.15, 0.2) is 10.6 Å². The SMILES string of the molecule is CCn1nc(C)cc1-c1nc(C2CCNCC2)no1. The van der Waals surface area contributed by atoms with E-state index < -0.39 is 0 Å². The molecule has 1 fully saturated rings. The summed E-state index contributed by atoms with van der Waals surface area (Å²) in [4.78, 5) is 4.56. The van der Waals surface area contributed by atoms with Gasteiger partial charge < -0.3 is 9.84 Å². The molecule has 0 saturated carbocycles. The smallest absolute Gasteiger partial charge is 0.276 e. The molecule has 3 heterocycles. The van der Waals surface area contributed by atoms with Crippen molar-refractivity contribution in [3.05, 3.63) is 17.6 Å². The third-order valence-electron chi connectivity index (χ3n) is 3.57. The molecular weight excluding hydrogens is 242 g/mol. The minimum Gasteiger partial charge on any atom is -0.332 e. The Labute approximate surface area is 112 Å². The van der Waals surface area contributed by atoms with E-state index in [1.807, 2.05) is 17.7 Å². The zero-order chi connectivity index (χ0) is 13.2. The molecule has 0 aromatic carbocycles. The van der Waals surface area contributed by atoms with Crippen LogP contribution in [0.1, 0.15) is 37.2 Å². The largest absolute Gasteiger partial charge is 0.332 e. The second-order valence-corrected chi connectivity index (χ2v) is 4.97. The summed E-state index contributed by atoms with van der Waals surface area (Å²) in [5.74, 6) is 1.83. The number of nitrogens with zero attached hydrogens (tertiary/aromatic N) is 4. The number of nitrogens with one attached hydrogen (secondary N) is 1. The van der Waals surface area contributed by atoms with Crippen molar-refractivity contribution in [3.8, 4) is 11.6 Å². The summed E-state index contributed by atoms with van der Waals surface area (Å²) in [5.41, 5.74) is 1.88. The Bertz CT molecular complexity index is 553. The predicted molar refractivity (Wildman–Crippen MR) is 70.8 cm³/mol. The number of aryl methyl sites for hydroxylation is 2. The second kappa shape index (κ2) is 5.13. The molecule has 1 aliphatic rings. The maximum atomic E-state index is 5.42. The molecular formula is C13H19N5O. The van der Waals surface area contributed by atoms with E-state index in [0.717, 1.165) is 49.7 Å². The van der Waals surface area contributed by atoms with Crippen LogP contribution in [0, 0.1) is 6.92 Å². The number of rotatable bonds is 3. The van der Waals surface area contributed by atoms with Gasteiger partial charge in [0.2, 0.25) is 0 Å². The summed E-state index contributed by atoms with van der Waals surface area (Å²) < 4.78 is 7.32. The van der Waals surface area contributed by atoms with E-state index in [-0.39, 0.29) is 0 Å². The Kier molecular flexibility index (Phi) is 3.33. The molecule has 1 N–H and O–H groups in total. The number of piperidine rings is 1. The average molecular weight is 261 g/mol. The summed E-state index contributed by atoms with van der Waals surface area (Å²) in [6.45, 7) is 6.88. The third kappa shape index (κ3) is 2.40. The Morgan fingerprint density at radius 1 is 1.42 bits per heavy atom. The minimum atomic E-state index is 0.415. The van der Waals surface area contributed by atoms with E-state index in [1.165, 1.54) is 0 Å². The van der Waals surface area contributed by atoms with Gasteiger partial charge in [0.25, 0.3) is 5.89 Å². The van der Waals surface area contributed by atoms with Gasteiger partial charge in [-0.3, -0.25) is 4.68 Å². The van der Waals surface area contributed by atoms with Crippen molar-refractivity contribution in [3.63, 3.8) is 0 Å². The first-order valence-corrected chi connectivity index (χ1v) is 6.87. The highest BCUT2D eigenvalue weighted by molar-refractivity contribution is 5.47. The van der Waals surface area contributed by atoms with Gasteiger partial charge in [-0.1, -0.05) is 5.16 Å². The highest BCUT2D eigenvalue weighted by Gasteiger charge is 2.22. The molecule has 6 heteroatoms. The first-order chi connectivity index (χ1) is 9.28. The van der Waals surface area contributed by atoms with Crippen LogP contribution in [0.3, 0.4) is 0 Å². The molecule has 0 unspecified atom stereocenters. The maximum absolute atomic E-state index is 5.42. The lowest BCUT2D eigenvalue weighted by Crippen LogP contribution is -2.27. The Morgan fingerprint density at radius 3 is 2.95 bits per heavy atom. The molecule has 2 aromatic rings. The van der Waals surface area contributed by atoms with Crippen molar-refractivity contribution in [1.29, 1.82) is 0 Å². The first kappa shape index (κ1) is 12.3. The first-order valence-electron chi connectivity index (χ1n) is 6.87. The van der Waals surface area contributed by atoms with Gasteiger partial charge in [0, 0.05) is 12.5 Å². The van der Waals surface area contributed by atoms with Crippen LogP contribution in [0.2, 0.25) is 0 Å². The lowest BCUT2D eigenvalue weighted by molar-refractivity contribution is 0.390. The summed E-state index contributed by atoms with van der Waals surface area (Å²) >= 11 is 0. The maximum Gasteiger partial charge on any atom is 0.276 e. The fourth-order valence-corrected chi connectivity index (χ4v) is 2.54. The summed E-state index contributed by atoms with van der Waals surface area (Å²) in [6, 6.07) is 1.99. The van der Waals surface area contributed by atoms with Gasteiger partial charge in [-0.2, -0.15) is 10.1 Å². The third-order valence-corrected chi connectivity index (χ3v) is 3.57. The van der Waals surface area contributed by atoms with Crippen LogP contribution in [0.4, 0.5) is 0 Å². The van der Waals surface area contributed by atoms with Gasteiger partial charge in [0.1, 0.15) is 5.69 Å². The van der Waals surface area contributed by atoms with E-state index in [0.29, 0.717) is 11.8 Å². The monoisotopic (exact) mass is 261 g/mol. The van der Waals surface area contributed by atoms with Crippen molar-refractivity contribution in [2.45, 2.75) is 39.2 Å². The zero-order valence-corrected chi connectivity index (χ0v) is 11.4. The molecule has 0 radical (unpaired) electrons. The molecule has 0 atom stereocenters. The summed E-state index contributed by atoms with van der Waals surface area (Å²) in [6.07, 6.45) is 2.15. The van der Waals surface area contributed by atoms with Gasteiger partial charge in [0.15, 0.2) is 5.82 Å². The molecule has 19 heavy (non-hydrogen) atoms. The van der Waals surface area contributed by atoms with E-state index in [1.54, 1.807) is 0 Å². The molecule has 6 nitrogen and oxygen atoms in total. The van der Waals surface area contributed by atoms with Crippen LogP contribution in [0.25, 0.3) is 11.6 Å². The van der Waals surface area contributed by atoms with E-state index >= 15 is 0 Å². The van der Waals surface area contributed by atoms with E-state index in [9.17, 15) is 0 Å². The molecule has 1 saturated heterocycles. The van der Waals surface area contributed by atoms with Crippen LogP contribution in [-0.2, 0) is 6.54 Å². The van der Waals surface area contributed by atoms with Crippen molar-refractivity contribution in [2.75, 3.05) is 13.1 Å². The highest BCUT2D eigenvalue weighted by Crippen LogP contribution is 2.25. The van der Waals surface area contributed by atoms with Gasteiger partial charge in [-0.15, -0.1) is 0 Å². The normalized spacial score (nSPS) is 16.9. The van der Waals surface area contributed by atoms with Crippen molar-refractivity contribution in [1.82, 2.24) is 25.2 Å². The van der Waals surface area contributed by atoms with Crippen molar-refractivity contribution in [2.24, 2.45) is 0 Å². The van der Waals surface area contributed by atoms with Crippen molar-refractivity contribution >= 4 is 0 Å². The Balaban J connectivity index is 1.87. The van der Waals surface area contributed by atoms with Crippen molar-refractivity contribution < 1.29 is 4.52 Å². The average Bonchev–Trinajstić information content (AvgIpc) is 3.05. The van der Waals surface area contributed by atoms with Gasteiger partial charge in [0.05, 0.1) is 5.69 Å². The van der Waals surface area contributed by atoms with Gasteiger partial charge in [-0.05, 0) is 45.8 Å². The van der Waals surface area contributed by atoms with Gasteiger partial charge >= 0.3 is 0 Å². The molecule has 0 spiro atoms. The van der Waals surface area contributed by atoms with Gasteiger partial charge in [-0.25, -0.2) is 0 Å². The quantitative estimate of drug-likeness (QED) is 0.911. The standard InChI is InChI=1S/C13H19N5O/c1-3-18-11(8-9(2)16-18)13-15-12(17-19-13)10-4-6-14-7-5-10/h8,10,14H,3-7H2,1-2H3. The fraction of sp³-hybridized carbons (Fsp3) is 0.615.